The minimum atomic E-state index is -3.47. The molecule has 0 radical (unpaired) electrons. The van der Waals surface area contributed by atoms with Gasteiger partial charge < -0.3 is 4.74 Å². The van der Waals surface area contributed by atoms with Crippen LogP contribution in [0.2, 0.25) is 0 Å². The number of para-hydroxylation sites is 1. The van der Waals surface area contributed by atoms with Gasteiger partial charge in [0, 0.05) is 10.7 Å². The Hall–Kier alpha value is -0.880. The van der Waals surface area contributed by atoms with Gasteiger partial charge in [0.2, 0.25) is 9.05 Å². The van der Waals surface area contributed by atoms with E-state index in [-0.39, 0.29) is 12.4 Å². The molecule has 0 N–H and O–H groups in total. The number of unbranched alkanes of at least 4 members (excludes halogenated alkanes) is 2. The zero-order valence-electron chi connectivity index (χ0n) is 9.53. The molecule has 0 fully saturated rings. The number of halogens is 3. The molecule has 3 nitrogen and oxygen atoms in total. The summed E-state index contributed by atoms with van der Waals surface area (Å²) in [5.74, 6) is -2.01. The Morgan fingerprint density at radius 1 is 1.11 bits per heavy atom. The fourth-order valence-electron chi connectivity index (χ4n) is 1.35. The Bertz CT molecular complexity index is 471. The maximum atomic E-state index is 13.1. The highest BCUT2D eigenvalue weighted by Crippen LogP contribution is 2.21. The molecule has 0 aliphatic rings. The van der Waals surface area contributed by atoms with Crippen molar-refractivity contribution in [1.29, 1.82) is 0 Å². The second kappa shape index (κ2) is 6.89. The van der Waals surface area contributed by atoms with Crippen molar-refractivity contribution >= 4 is 19.7 Å². The minimum absolute atomic E-state index is 0.109. The summed E-state index contributed by atoms with van der Waals surface area (Å²) in [5.41, 5.74) is 0. The lowest BCUT2D eigenvalue weighted by Gasteiger charge is -2.07. The van der Waals surface area contributed by atoms with Crippen LogP contribution in [0.4, 0.5) is 8.78 Å². The molecular formula is C11H13ClF2O3S. The quantitative estimate of drug-likeness (QED) is 0.574. The maximum absolute atomic E-state index is 13.1. The van der Waals surface area contributed by atoms with E-state index < -0.39 is 26.4 Å². The van der Waals surface area contributed by atoms with E-state index in [4.69, 9.17) is 15.4 Å². The van der Waals surface area contributed by atoms with E-state index >= 15 is 0 Å². The maximum Gasteiger partial charge on any atom is 0.232 e. The molecule has 0 aliphatic carbocycles. The van der Waals surface area contributed by atoms with Crippen LogP contribution in [0.3, 0.4) is 0 Å². The summed E-state index contributed by atoms with van der Waals surface area (Å²) in [7, 11) is 1.56. The van der Waals surface area contributed by atoms with Crippen molar-refractivity contribution in [3.63, 3.8) is 0 Å². The highest BCUT2D eigenvalue weighted by molar-refractivity contribution is 8.13. The standard InChI is InChI=1S/C11H13ClF2O3S/c12-18(15,16)8-3-1-2-7-17-11-9(13)5-4-6-10(11)14/h4-6H,1-3,7-8H2. The summed E-state index contributed by atoms with van der Waals surface area (Å²) in [5, 5.41) is 0. The topological polar surface area (TPSA) is 43.4 Å². The first kappa shape index (κ1) is 15.2. The average molecular weight is 299 g/mol. The molecule has 0 atom stereocenters. The fourth-order valence-corrected chi connectivity index (χ4v) is 2.22. The van der Waals surface area contributed by atoms with Gasteiger partial charge in [0.15, 0.2) is 17.4 Å². The highest BCUT2D eigenvalue weighted by atomic mass is 35.7. The molecule has 1 aromatic rings. The average Bonchev–Trinajstić information content (AvgIpc) is 2.25. The third-order valence-electron chi connectivity index (χ3n) is 2.20. The zero-order valence-corrected chi connectivity index (χ0v) is 11.1. The van der Waals surface area contributed by atoms with Gasteiger partial charge in [0.05, 0.1) is 12.4 Å². The Morgan fingerprint density at radius 2 is 1.72 bits per heavy atom. The van der Waals surface area contributed by atoms with Crippen LogP contribution in [0.5, 0.6) is 5.75 Å². The molecule has 0 heterocycles. The van der Waals surface area contributed by atoms with Gasteiger partial charge in [-0.1, -0.05) is 6.07 Å². The second-order valence-electron chi connectivity index (χ2n) is 3.70. The lowest BCUT2D eigenvalue weighted by Crippen LogP contribution is -2.03. The molecule has 1 rings (SSSR count). The number of benzene rings is 1. The van der Waals surface area contributed by atoms with Gasteiger partial charge in [0.25, 0.3) is 0 Å². The minimum Gasteiger partial charge on any atom is -0.488 e. The van der Waals surface area contributed by atoms with Crippen molar-refractivity contribution in [2.24, 2.45) is 0 Å². The van der Waals surface area contributed by atoms with Crippen molar-refractivity contribution in [2.75, 3.05) is 12.4 Å². The summed E-state index contributed by atoms with van der Waals surface area (Å²) in [6.45, 7) is 0.125. The number of rotatable bonds is 7. The van der Waals surface area contributed by atoms with Crippen molar-refractivity contribution < 1.29 is 21.9 Å². The van der Waals surface area contributed by atoms with E-state index in [1.165, 1.54) is 6.07 Å². The lowest BCUT2D eigenvalue weighted by molar-refractivity contribution is 0.276. The summed E-state index contributed by atoms with van der Waals surface area (Å²) in [6.07, 6.45) is 1.46. The summed E-state index contributed by atoms with van der Waals surface area (Å²) in [6, 6.07) is 3.47. The van der Waals surface area contributed by atoms with Crippen LogP contribution in [0.15, 0.2) is 18.2 Å². The number of hydrogen-bond acceptors (Lipinski definition) is 3. The van der Waals surface area contributed by atoms with E-state index in [0.717, 1.165) is 12.1 Å². The van der Waals surface area contributed by atoms with Gasteiger partial charge in [-0.25, -0.2) is 17.2 Å². The van der Waals surface area contributed by atoms with Gasteiger partial charge in [0.1, 0.15) is 0 Å². The largest absolute Gasteiger partial charge is 0.488 e. The molecule has 18 heavy (non-hydrogen) atoms. The molecular weight excluding hydrogens is 286 g/mol. The fraction of sp³-hybridized carbons (Fsp3) is 0.455. The lowest BCUT2D eigenvalue weighted by atomic mass is 10.2. The van der Waals surface area contributed by atoms with Crippen molar-refractivity contribution in [2.45, 2.75) is 19.3 Å². The third-order valence-corrected chi connectivity index (χ3v) is 3.44. The molecule has 0 saturated carbocycles. The molecule has 0 unspecified atom stereocenters. The van der Waals surface area contributed by atoms with Crippen LogP contribution in [0.25, 0.3) is 0 Å². The smallest absolute Gasteiger partial charge is 0.232 e. The van der Waals surface area contributed by atoms with Crippen molar-refractivity contribution in [3.8, 4) is 5.75 Å². The van der Waals surface area contributed by atoms with Gasteiger partial charge in [-0.15, -0.1) is 0 Å². The van der Waals surface area contributed by atoms with Crippen LogP contribution in [-0.4, -0.2) is 20.8 Å². The van der Waals surface area contributed by atoms with Crippen LogP contribution < -0.4 is 4.74 Å². The van der Waals surface area contributed by atoms with Crippen molar-refractivity contribution in [1.82, 2.24) is 0 Å². The molecule has 0 bridgehead atoms. The molecule has 0 spiro atoms. The number of ether oxygens (including phenoxy) is 1. The van der Waals surface area contributed by atoms with E-state index in [2.05, 4.69) is 0 Å². The van der Waals surface area contributed by atoms with E-state index in [1.807, 2.05) is 0 Å². The van der Waals surface area contributed by atoms with Gasteiger partial charge in [-0.2, -0.15) is 0 Å². The zero-order chi connectivity index (χ0) is 13.6. The van der Waals surface area contributed by atoms with Crippen LogP contribution in [0, 0.1) is 11.6 Å². The summed E-state index contributed by atoms with van der Waals surface area (Å²) < 4.78 is 52.4. The molecule has 102 valence electrons. The summed E-state index contributed by atoms with van der Waals surface area (Å²) in [4.78, 5) is 0. The SMILES string of the molecule is O=S(=O)(Cl)CCCCCOc1c(F)cccc1F. The van der Waals surface area contributed by atoms with E-state index in [0.29, 0.717) is 19.3 Å². The van der Waals surface area contributed by atoms with E-state index in [9.17, 15) is 17.2 Å². The van der Waals surface area contributed by atoms with Gasteiger partial charge in [-0.05, 0) is 31.4 Å². The normalized spacial score (nSPS) is 11.5. The van der Waals surface area contributed by atoms with Crippen LogP contribution in [-0.2, 0) is 9.05 Å². The Kier molecular flexibility index (Phi) is 5.81. The van der Waals surface area contributed by atoms with Gasteiger partial charge >= 0.3 is 0 Å². The Labute approximate surface area is 109 Å². The third kappa shape index (κ3) is 5.64. The predicted molar refractivity (Wildman–Crippen MR) is 65.3 cm³/mol. The van der Waals surface area contributed by atoms with Gasteiger partial charge in [-0.3, -0.25) is 0 Å². The first-order chi connectivity index (χ1) is 8.40. The molecule has 0 amide bonds. The van der Waals surface area contributed by atoms with Crippen LogP contribution >= 0.6 is 10.7 Å². The first-order valence-corrected chi connectivity index (χ1v) is 7.87. The van der Waals surface area contributed by atoms with E-state index in [1.54, 1.807) is 0 Å². The first-order valence-electron chi connectivity index (χ1n) is 5.39. The highest BCUT2D eigenvalue weighted by Gasteiger charge is 2.09. The number of hydrogen-bond donors (Lipinski definition) is 0. The summed E-state index contributed by atoms with van der Waals surface area (Å²) >= 11 is 0. The second-order valence-corrected chi connectivity index (χ2v) is 6.60. The molecule has 1 aromatic carbocycles. The molecule has 0 aromatic heterocycles. The Balaban J connectivity index is 2.26. The Morgan fingerprint density at radius 3 is 2.28 bits per heavy atom. The molecule has 0 aliphatic heterocycles. The van der Waals surface area contributed by atoms with Crippen LogP contribution in [0.1, 0.15) is 19.3 Å². The van der Waals surface area contributed by atoms with Crippen molar-refractivity contribution in [3.05, 3.63) is 29.8 Å². The predicted octanol–water partition coefficient (Wildman–Crippen LogP) is 3.08. The molecule has 0 saturated heterocycles. The molecule has 7 heteroatoms. The monoisotopic (exact) mass is 298 g/mol.